The molecule has 1 aromatic carbocycles. The molecule has 1 fully saturated rings. The number of alkyl halides is 3. The molecule has 2 atom stereocenters. The van der Waals surface area contributed by atoms with E-state index in [9.17, 15) is 28.0 Å². The number of amides is 2. The molecular formula is C22H21F3N4O4. The van der Waals surface area contributed by atoms with Crippen LogP contribution in [0.2, 0.25) is 0 Å². The molecule has 11 heteroatoms. The van der Waals surface area contributed by atoms with Crippen molar-refractivity contribution in [3.05, 3.63) is 53.2 Å². The Bertz CT molecular complexity index is 1080. The maximum absolute atomic E-state index is 12.9. The van der Waals surface area contributed by atoms with Gasteiger partial charge >= 0.3 is 6.36 Å². The number of halogens is 3. The molecular weight excluding hydrogens is 441 g/mol. The maximum atomic E-state index is 12.9. The van der Waals surface area contributed by atoms with Crippen LogP contribution in [0, 0.1) is 17.2 Å². The first-order chi connectivity index (χ1) is 15.6. The van der Waals surface area contributed by atoms with Gasteiger partial charge in [0.1, 0.15) is 17.4 Å². The lowest BCUT2D eigenvalue weighted by atomic mass is 9.93. The number of piperidine rings is 1. The summed E-state index contributed by atoms with van der Waals surface area (Å²) in [7, 11) is 1.37. The zero-order chi connectivity index (χ0) is 24.2. The Kier molecular flexibility index (Phi) is 7.06. The van der Waals surface area contributed by atoms with E-state index in [0.29, 0.717) is 19.5 Å². The predicted octanol–water partition coefficient (Wildman–Crippen LogP) is 3.14. The number of rotatable bonds is 5. The molecule has 1 aliphatic heterocycles. The van der Waals surface area contributed by atoms with Crippen molar-refractivity contribution in [1.29, 1.82) is 5.26 Å². The molecule has 33 heavy (non-hydrogen) atoms. The molecule has 0 bridgehead atoms. The van der Waals surface area contributed by atoms with Crippen LogP contribution in [0.4, 0.5) is 13.2 Å². The van der Waals surface area contributed by atoms with Crippen molar-refractivity contribution < 1.29 is 32.2 Å². The van der Waals surface area contributed by atoms with Crippen LogP contribution in [0.1, 0.15) is 39.6 Å². The number of methoxy groups -OCH3 is 1. The van der Waals surface area contributed by atoms with Crippen LogP contribution in [0.25, 0.3) is 0 Å². The normalized spacial score (nSPS) is 18.2. The summed E-state index contributed by atoms with van der Waals surface area (Å²) >= 11 is 0. The van der Waals surface area contributed by atoms with Gasteiger partial charge in [-0.25, -0.2) is 4.98 Å². The van der Waals surface area contributed by atoms with E-state index in [1.807, 2.05) is 13.0 Å². The third-order valence-electron chi connectivity index (χ3n) is 5.28. The molecule has 1 saturated heterocycles. The minimum atomic E-state index is -4.92. The summed E-state index contributed by atoms with van der Waals surface area (Å²) < 4.78 is 46.8. The van der Waals surface area contributed by atoms with Crippen LogP contribution >= 0.6 is 0 Å². The second kappa shape index (κ2) is 9.77. The van der Waals surface area contributed by atoms with Crippen molar-refractivity contribution in [3.63, 3.8) is 0 Å². The number of nitriles is 1. The average molecular weight is 462 g/mol. The molecule has 8 nitrogen and oxygen atoms in total. The number of aromatic nitrogens is 1. The van der Waals surface area contributed by atoms with Gasteiger partial charge in [0.25, 0.3) is 11.8 Å². The van der Waals surface area contributed by atoms with Crippen LogP contribution in [-0.4, -0.2) is 54.3 Å². The van der Waals surface area contributed by atoms with E-state index >= 15 is 0 Å². The summed E-state index contributed by atoms with van der Waals surface area (Å²) in [4.78, 5) is 31.1. The van der Waals surface area contributed by atoms with E-state index in [1.165, 1.54) is 37.6 Å². The molecule has 0 saturated carbocycles. The Hall–Kier alpha value is -3.81. The zero-order valence-electron chi connectivity index (χ0n) is 17.8. The Morgan fingerprint density at radius 3 is 2.67 bits per heavy atom. The van der Waals surface area contributed by atoms with Crippen molar-refractivity contribution in [1.82, 2.24) is 15.2 Å². The number of ether oxygens (including phenoxy) is 2. The van der Waals surface area contributed by atoms with Gasteiger partial charge in [0.15, 0.2) is 0 Å². The molecule has 0 spiro atoms. The second-order valence-electron chi connectivity index (χ2n) is 7.53. The lowest BCUT2D eigenvalue weighted by molar-refractivity contribution is -0.274. The van der Waals surface area contributed by atoms with Gasteiger partial charge < -0.3 is 19.7 Å². The number of pyridine rings is 1. The third kappa shape index (κ3) is 5.71. The number of para-hydroxylation sites is 1. The minimum Gasteiger partial charge on any atom is -0.480 e. The van der Waals surface area contributed by atoms with Gasteiger partial charge in [-0.2, -0.15) is 5.26 Å². The number of nitrogens with zero attached hydrogens (tertiary/aromatic N) is 3. The zero-order valence-corrected chi connectivity index (χ0v) is 17.8. The highest BCUT2D eigenvalue weighted by Gasteiger charge is 2.34. The molecule has 2 aromatic rings. The fourth-order valence-electron chi connectivity index (χ4n) is 3.65. The van der Waals surface area contributed by atoms with E-state index in [4.69, 9.17) is 4.74 Å². The number of carbonyl (C=O) groups excluding carboxylic acids is 2. The molecule has 3 rings (SSSR count). The van der Waals surface area contributed by atoms with Crippen molar-refractivity contribution >= 4 is 11.8 Å². The molecule has 1 aromatic heterocycles. The lowest BCUT2D eigenvalue weighted by Gasteiger charge is -2.37. The van der Waals surface area contributed by atoms with Crippen molar-refractivity contribution in [3.8, 4) is 17.7 Å². The number of nitrogens with one attached hydrogen (secondary N) is 1. The SMILES string of the molecule is COc1ncc(C(=O)N2CC[C@@H](NC(=O)c3ccccc3OC(F)(F)F)[C@@H](C)C2)cc1C#N. The van der Waals surface area contributed by atoms with Crippen LogP contribution in [0.5, 0.6) is 11.6 Å². The highest BCUT2D eigenvalue weighted by atomic mass is 19.4. The summed E-state index contributed by atoms with van der Waals surface area (Å²) in [6.45, 7) is 2.44. The van der Waals surface area contributed by atoms with Gasteiger partial charge in [-0.15, -0.1) is 13.2 Å². The summed E-state index contributed by atoms with van der Waals surface area (Å²) in [5.74, 6) is -1.64. The van der Waals surface area contributed by atoms with Crippen LogP contribution in [-0.2, 0) is 0 Å². The molecule has 2 amide bonds. The fourth-order valence-corrected chi connectivity index (χ4v) is 3.65. The first kappa shape index (κ1) is 23.8. The van der Waals surface area contributed by atoms with Gasteiger partial charge in [0, 0.05) is 25.3 Å². The number of carbonyl (C=O) groups is 2. The van der Waals surface area contributed by atoms with Crippen LogP contribution in [0.15, 0.2) is 36.5 Å². The van der Waals surface area contributed by atoms with Gasteiger partial charge in [0.05, 0.1) is 18.2 Å². The van der Waals surface area contributed by atoms with E-state index in [0.717, 1.165) is 6.07 Å². The highest BCUT2D eigenvalue weighted by Crippen LogP contribution is 2.27. The fraction of sp³-hybridized carbons (Fsp3) is 0.364. The second-order valence-corrected chi connectivity index (χ2v) is 7.53. The maximum Gasteiger partial charge on any atom is 0.573 e. The Morgan fingerprint density at radius 2 is 2.03 bits per heavy atom. The third-order valence-corrected chi connectivity index (χ3v) is 5.28. The quantitative estimate of drug-likeness (QED) is 0.732. The smallest absolute Gasteiger partial charge is 0.480 e. The first-order valence-electron chi connectivity index (χ1n) is 10.0. The predicted molar refractivity (Wildman–Crippen MR) is 110 cm³/mol. The molecule has 2 heterocycles. The summed E-state index contributed by atoms with van der Waals surface area (Å²) in [6, 6.07) is 8.10. The number of benzene rings is 1. The number of likely N-dealkylation sites (tertiary alicyclic amines) is 1. The number of hydrogen-bond donors (Lipinski definition) is 1. The van der Waals surface area contributed by atoms with Crippen LogP contribution < -0.4 is 14.8 Å². The Labute approximate surface area is 187 Å². The average Bonchev–Trinajstić information content (AvgIpc) is 2.78. The monoisotopic (exact) mass is 462 g/mol. The first-order valence-corrected chi connectivity index (χ1v) is 10.0. The number of hydrogen-bond acceptors (Lipinski definition) is 6. The van der Waals surface area contributed by atoms with Gasteiger partial charge in [-0.05, 0) is 30.5 Å². The molecule has 1 aliphatic rings. The molecule has 0 unspecified atom stereocenters. The van der Waals surface area contributed by atoms with Crippen molar-refractivity contribution in [2.75, 3.05) is 20.2 Å². The Balaban J connectivity index is 1.66. The van der Waals surface area contributed by atoms with E-state index < -0.39 is 18.0 Å². The molecule has 0 aliphatic carbocycles. The van der Waals surface area contributed by atoms with Gasteiger partial charge in [0.2, 0.25) is 5.88 Å². The van der Waals surface area contributed by atoms with Crippen LogP contribution in [0.3, 0.4) is 0 Å². The van der Waals surface area contributed by atoms with Crippen molar-refractivity contribution in [2.24, 2.45) is 5.92 Å². The largest absolute Gasteiger partial charge is 0.573 e. The lowest BCUT2D eigenvalue weighted by Crippen LogP contribution is -2.51. The van der Waals surface area contributed by atoms with E-state index in [1.54, 1.807) is 4.90 Å². The standard InChI is InChI=1S/C22H21F3N4O4/c1-13-12-29(21(31)15-9-14(10-26)20(32-2)27-11-15)8-7-17(13)28-19(30)16-5-3-4-6-18(16)33-22(23,24)25/h3-6,9,11,13,17H,7-8,12H2,1-2H3,(H,28,30)/t13-,17+/m0/s1. The van der Waals surface area contributed by atoms with Gasteiger partial charge in [-0.1, -0.05) is 19.1 Å². The van der Waals surface area contributed by atoms with E-state index in [-0.39, 0.29) is 40.4 Å². The summed E-state index contributed by atoms with van der Waals surface area (Å²) in [5, 5.41) is 11.9. The van der Waals surface area contributed by atoms with E-state index in [2.05, 4.69) is 15.0 Å². The molecule has 174 valence electrons. The minimum absolute atomic E-state index is 0.124. The topological polar surface area (TPSA) is 105 Å². The molecule has 1 N–H and O–H groups in total. The highest BCUT2D eigenvalue weighted by molar-refractivity contribution is 5.97. The summed E-state index contributed by atoms with van der Waals surface area (Å²) in [6.07, 6.45) is -3.19. The van der Waals surface area contributed by atoms with Crippen molar-refractivity contribution in [2.45, 2.75) is 25.7 Å². The summed E-state index contributed by atoms with van der Waals surface area (Å²) in [5.41, 5.74) is 0.146. The van der Waals surface area contributed by atoms with Gasteiger partial charge in [-0.3, -0.25) is 9.59 Å². The Morgan fingerprint density at radius 1 is 1.30 bits per heavy atom. The molecule has 0 radical (unpaired) electrons.